The normalized spacial score (nSPS) is 12.8. The molecule has 0 atom stereocenters. The summed E-state index contributed by atoms with van der Waals surface area (Å²) in [6, 6.07) is 149. The second-order valence-electron chi connectivity index (χ2n) is 27.8. The van der Waals surface area contributed by atoms with Gasteiger partial charge in [-0.1, -0.05) is 309 Å². The molecule has 0 unspecified atom stereocenters. The molecule has 0 N–H and O–H groups in total. The first-order chi connectivity index (χ1) is 51.6. The van der Waals surface area contributed by atoms with Crippen molar-refractivity contribution in [3.63, 3.8) is 0 Å². The number of anilines is 6. The average molecular weight is 1360 g/mol. The van der Waals surface area contributed by atoms with Crippen LogP contribution in [0.3, 0.4) is 0 Å². The molecule has 5 heterocycles. The lowest BCUT2D eigenvalue weighted by molar-refractivity contribution is 0.669. The van der Waals surface area contributed by atoms with E-state index in [9.17, 15) is 0 Å². The van der Waals surface area contributed by atoms with Crippen LogP contribution < -0.4 is 67.7 Å². The third-order valence-corrected chi connectivity index (χ3v) is 32.1. The quantitative estimate of drug-likeness (QED) is 0.0902. The van der Waals surface area contributed by atoms with E-state index in [1.54, 1.807) is 0 Å². The summed E-state index contributed by atoms with van der Waals surface area (Å²) in [5.74, 6) is 0. The molecule has 8 heteroatoms. The zero-order valence-corrected chi connectivity index (χ0v) is 58.8. The number of rotatable bonds is 12. The maximum Gasteiger partial charge on any atom is 0.252 e. The zero-order chi connectivity index (χ0) is 68.5. The minimum atomic E-state index is -3.19. The van der Waals surface area contributed by atoms with E-state index in [0.717, 1.165) is 94.9 Å². The Bertz CT molecular complexity index is 6320. The van der Waals surface area contributed by atoms with Gasteiger partial charge in [0.05, 0.1) is 33.4 Å². The molecule has 21 rings (SSSR count). The van der Waals surface area contributed by atoms with Crippen molar-refractivity contribution in [1.29, 1.82) is 0 Å². The first-order valence-corrected chi connectivity index (χ1v) is 40.0. The monoisotopic (exact) mass is 1360 g/mol. The number of fused-ring (bicyclic) bond motifs is 14. The Morgan fingerprint density at radius 1 is 0.231 bits per heavy atom. The van der Waals surface area contributed by atoms with E-state index in [1.807, 2.05) is 0 Å². The summed E-state index contributed by atoms with van der Waals surface area (Å²) in [5, 5.41) is 17.4. The molecule has 0 radical (unpaired) electrons. The zero-order valence-electron chi connectivity index (χ0n) is 56.8. The van der Waals surface area contributed by atoms with E-state index in [1.165, 1.54) is 74.0 Å². The standard InChI is InChI=1S/C96H65BN4OSi2/c1-8-31-66(32-9-1)98-88-53-28-24-49-80(88)83-62-68(55-60-89(83)98)101-92-64-69(100-86-51-26-22-47-78(86)79-48-23-27-52-87(79)100)63-91-94(92)97(85-59-57-82-81-50-25-29-54-93(81)102-96(82)95(85)101)84-58-56-77(104(73-40-16-5-17-41-73,74-42-18-6-19-43-74)75-44-20-7-21-45-75)65-90(84)99(91)67-33-30-46-76(61-67)103(70-34-10-2-11-35-70,71-36-12-3-13-37-71)72-38-14-4-15-39-72/h1-65H. The van der Waals surface area contributed by atoms with Gasteiger partial charge < -0.3 is 23.4 Å². The van der Waals surface area contributed by atoms with Crippen LogP contribution >= 0.6 is 0 Å². The molecule has 16 aromatic carbocycles. The Labute approximate surface area is 605 Å². The van der Waals surface area contributed by atoms with Crippen LogP contribution in [0.2, 0.25) is 0 Å². The fraction of sp³-hybridized carbons (Fsp3) is 0. The fourth-order valence-electron chi connectivity index (χ4n) is 18.3. The highest BCUT2D eigenvalue weighted by atomic mass is 28.3. The van der Waals surface area contributed by atoms with Crippen molar-refractivity contribution in [2.45, 2.75) is 0 Å². The molecule has 2 aliphatic rings. The lowest BCUT2D eigenvalue weighted by Crippen LogP contribution is -2.75. The number of aromatic nitrogens is 2. The minimum absolute atomic E-state index is 0.282. The van der Waals surface area contributed by atoms with Crippen molar-refractivity contribution in [3.8, 4) is 11.4 Å². The van der Waals surface area contributed by atoms with Crippen LogP contribution in [0.4, 0.5) is 34.1 Å². The molecule has 19 aromatic rings. The van der Waals surface area contributed by atoms with E-state index < -0.39 is 16.1 Å². The molecule has 0 saturated heterocycles. The number of furan rings is 1. The Kier molecular flexibility index (Phi) is 13.7. The van der Waals surface area contributed by atoms with Gasteiger partial charge in [-0.25, -0.2) is 0 Å². The molecule has 104 heavy (non-hydrogen) atoms. The summed E-state index contributed by atoms with van der Waals surface area (Å²) in [4.78, 5) is 5.28. The Balaban J connectivity index is 0.932. The van der Waals surface area contributed by atoms with Crippen molar-refractivity contribution in [2.75, 3.05) is 9.80 Å². The van der Waals surface area contributed by atoms with Gasteiger partial charge in [0.25, 0.3) is 6.71 Å². The number of hydrogen-bond acceptors (Lipinski definition) is 3. The van der Waals surface area contributed by atoms with Crippen LogP contribution in [0, 0.1) is 0 Å². The molecule has 0 amide bonds. The maximum absolute atomic E-state index is 7.49. The minimum Gasteiger partial charge on any atom is -0.454 e. The number of nitrogens with zero attached hydrogens (tertiary/aromatic N) is 4. The van der Waals surface area contributed by atoms with Crippen molar-refractivity contribution < 1.29 is 4.42 Å². The highest BCUT2D eigenvalue weighted by Gasteiger charge is 2.49. The van der Waals surface area contributed by atoms with Crippen LogP contribution in [0.5, 0.6) is 0 Å². The van der Waals surface area contributed by atoms with Gasteiger partial charge in [-0.15, -0.1) is 0 Å². The second-order valence-corrected chi connectivity index (χ2v) is 35.4. The molecule has 486 valence electrons. The molecular weight excluding hydrogens is 1290 g/mol. The van der Waals surface area contributed by atoms with Gasteiger partial charge in [0.2, 0.25) is 0 Å². The first kappa shape index (κ1) is 59.8. The SMILES string of the molecule is c1ccc(-n2c3ccccc3c3cc(N4c5cc(-n6c7ccccc7c7ccccc76)cc6c5B(c5ccc([Si](c7ccccc7)(c7ccccc7)c7ccccc7)cc5N6c5cccc([Si](c6ccccc6)(c6ccccc6)c6ccccc6)c5)c5ccc6c(oc7ccccc76)c54)ccc32)cc1. The van der Waals surface area contributed by atoms with E-state index in [0.29, 0.717) is 0 Å². The predicted octanol–water partition coefficient (Wildman–Crippen LogP) is 16.6. The van der Waals surface area contributed by atoms with Gasteiger partial charge in [0.1, 0.15) is 5.58 Å². The van der Waals surface area contributed by atoms with Crippen LogP contribution in [0.1, 0.15) is 0 Å². The van der Waals surface area contributed by atoms with Gasteiger partial charge in [-0.3, -0.25) is 0 Å². The topological polar surface area (TPSA) is 29.5 Å². The van der Waals surface area contributed by atoms with Crippen LogP contribution in [0.25, 0.3) is 76.9 Å². The Hall–Kier alpha value is -13.0. The predicted molar refractivity (Wildman–Crippen MR) is 444 cm³/mol. The Morgan fingerprint density at radius 2 is 0.625 bits per heavy atom. The third kappa shape index (κ3) is 8.80. The average Bonchev–Trinajstić information content (AvgIpc) is 1.22. The fourth-order valence-corrected chi connectivity index (χ4v) is 27.9. The van der Waals surface area contributed by atoms with Crippen LogP contribution in [-0.2, 0) is 0 Å². The molecule has 0 spiro atoms. The van der Waals surface area contributed by atoms with E-state index >= 15 is 0 Å². The van der Waals surface area contributed by atoms with E-state index in [2.05, 4.69) is 413 Å². The van der Waals surface area contributed by atoms with Gasteiger partial charge in [0, 0.05) is 66.4 Å². The highest BCUT2D eigenvalue weighted by molar-refractivity contribution is 7.20. The van der Waals surface area contributed by atoms with Gasteiger partial charge in [-0.2, -0.15) is 0 Å². The summed E-state index contributed by atoms with van der Waals surface area (Å²) in [7, 11) is -6.33. The van der Waals surface area contributed by atoms with Crippen molar-refractivity contribution >= 4 is 180 Å². The summed E-state index contributed by atoms with van der Waals surface area (Å²) in [6.07, 6.45) is 0. The third-order valence-electron chi connectivity index (χ3n) is 22.5. The summed E-state index contributed by atoms with van der Waals surface area (Å²) >= 11 is 0. The van der Waals surface area contributed by atoms with Crippen molar-refractivity contribution in [2.24, 2.45) is 0 Å². The molecule has 0 saturated carbocycles. The smallest absolute Gasteiger partial charge is 0.252 e. The lowest BCUT2D eigenvalue weighted by Gasteiger charge is -2.45. The van der Waals surface area contributed by atoms with Crippen molar-refractivity contribution in [1.82, 2.24) is 9.13 Å². The number of para-hydroxylation sites is 5. The van der Waals surface area contributed by atoms with Crippen LogP contribution in [0.15, 0.2) is 399 Å². The number of hydrogen-bond donors (Lipinski definition) is 0. The van der Waals surface area contributed by atoms with Gasteiger partial charge in [0.15, 0.2) is 21.7 Å². The van der Waals surface area contributed by atoms with Gasteiger partial charge in [-0.05, 0) is 143 Å². The second kappa shape index (κ2) is 23.8. The lowest BCUT2D eigenvalue weighted by atomic mass is 9.33. The molecule has 3 aromatic heterocycles. The molecular formula is C96H65BN4OSi2. The summed E-state index contributed by atoms with van der Waals surface area (Å²) in [6.45, 7) is -0.282. The van der Waals surface area contributed by atoms with Gasteiger partial charge >= 0.3 is 0 Å². The highest BCUT2D eigenvalue weighted by Crippen LogP contribution is 2.50. The summed E-state index contributed by atoms with van der Waals surface area (Å²) < 4.78 is 12.4. The maximum atomic E-state index is 7.49. The largest absolute Gasteiger partial charge is 0.454 e. The molecule has 0 aliphatic carbocycles. The molecule has 5 nitrogen and oxygen atoms in total. The Morgan fingerprint density at radius 3 is 1.15 bits per heavy atom. The molecule has 2 aliphatic heterocycles. The number of benzene rings is 16. The summed E-state index contributed by atoms with van der Waals surface area (Å²) in [5.41, 5.74) is 18.5. The van der Waals surface area contributed by atoms with E-state index in [-0.39, 0.29) is 6.71 Å². The first-order valence-electron chi connectivity index (χ1n) is 36.0. The van der Waals surface area contributed by atoms with E-state index in [4.69, 9.17) is 4.42 Å². The van der Waals surface area contributed by atoms with Crippen LogP contribution in [-0.4, -0.2) is 32.0 Å². The molecule has 0 bridgehead atoms. The molecule has 0 fully saturated rings. The van der Waals surface area contributed by atoms with Crippen molar-refractivity contribution in [3.05, 3.63) is 394 Å².